The molecule has 0 fully saturated rings. The van der Waals surface area contributed by atoms with Gasteiger partial charge in [-0.15, -0.1) is 0 Å². The van der Waals surface area contributed by atoms with Crippen LogP contribution in [0.4, 0.5) is 0 Å². The van der Waals surface area contributed by atoms with Crippen LogP contribution in [0.1, 0.15) is 13.8 Å². The number of hydrogen-bond acceptors (Lipinski definition) is 0. The van der Waals surface area contributed by atoms with Gasteiger partial charge in [-0.3, -0.25) is 0 Å². The van der Waals surface area contributed by atoms with Crippen LogP contribution in [-0.2, 0) is 0 Å². The first-order valence-electron chi connectivity index (χ1n) is 2.00. The average Bonchev–Trinajstić information content (AvgIpc) is 1.35. The zero-order valence-corrected chi connectivity index (χ0v) is 6.50. The molecule has 2 heteroatoms. The van der Waals surface area contributed by atoms with Gasteiger partial charge in [0, 0.05) is 19.8 Å². The molecule has 6 heavy (non-hydrogen) atoms. The fourth-order valence-electron chi connectivity index (χ4n) is 0. The van der Waals surface area contributed by atoms with E-state index in [4.69, 9.17) is 0 Å². The maximum absolute atomic E-state index is 3.54. The van der Waals surface area contributed by atoms with Crippen molar-refractivity contribution in [3.05, 3.63) is 0 Å². The summed E-state index contributed by atoms with van der Waals surface area (Å²) in [6.07, 6.45) is 0. The van der Waals surface area contributed by atoms with E-state index >= 15 is 0 Å². The zero-order chi connectivity index (χ0) is 5.21. The van der Waals surface area contributed by atoms with Gasteiger partial charge in [0.05, 0.1) is 0 Å². The highest BCUT2D eigenvalue weighted by atomic mass is 28.2. The molecule has 0 saturated carbocycles. The Labute approximate surface area is 45.6 Å². The lowest BCUT2D eigenvalue weighted by Gasteiger charge is -2.11. The summed E-state index contributed by atoms with van der Waals surface area (Å²) in [5, 5.41) is 0. The van der Waals surface area contributed by atoms with E-state index < -0.39 is 0 Å². The van der Waals surface area contributed by atoms with Crippen LogP contribution in [0, 0.1) is 0 Å². The molecule has 33 valence electrons. The Balaban J connectivity index is 3.17. The second kappa shape index (κ2) is 1.93. The lowest BCUT2D eigenvalue weighted by Crippen LogP contribution is -2.07. The van der Waals surface area contributed by atoms with Gasteiger partial charge < -0.3 is 0 Å². The quantitative estimate of drug-likeness (QED) is 0.446. The standard InChI is InChI=1S/C4H9Si2/c1-4(2,5)6-3/h1-3H3. The molecule has 0 atom stereocenters. The lowest BCUT2D eigenvalue weighted by atomic mass is 10.5. The molecule has 0 aliphatic rings. The van der Waals surface area contributed by atoms with E-state index in [-0.39, 0.29) is 0 Å². The van der Waals surface area contributed by atoms with Gasteiger partial charge in [0.25, 0.3) is 0 Å². The molecule has 0 nitrogen and oxygen atoms in total. The zero-order valence-electron chi connectivity index (χ0n) is 4.50. The molecule has 0 aromatic rings. The number of hydrogen-bond donors (Lipinski definition) is 0. The molecule has 0 bridgehead atoms. The average molecular weight is 113 g/mol. The largest absolute Gasteiger partial charge is 0.0731 e. The SMILES string of the molecule is C[Si]C(C)(C)[Si]. The van der Waals surface area contributed by atoms with Crippen LogP contribution in [0.25, 0.3) is 0 Å². The van der Waals surface area contributed by atoms with Gasteiger partial charge in [-0.05, 0) is 0 Å². The second-order valence-corrected chi connectivity index (χ2v) is 5.38. The normalized spacial score (nSPS) is 12.0. The van der Waals surface area contributed by atoms with E-state index in [1.807, 2.05) is 0 Å². The van der Waals surface area contributed by atoms with Crippen molar-refractivity contribution in [2.45, 2.75) is 25.1 Å². The second-order valence-electron chi connectivity index (χ2n) is 1.88. The van der Waals surface area contributed by atoms with Gasteiger partial charge in [-0.25, -0.2) is 0 Å². The molecule has 0 heterocycles. The molecule has 0 rings (SSSR count). The van der Waals surface area contributed by atoms with Crippen molar-refractivity contribution >= 4 is 19.8 Å². The Morgan fingerprint density at radius 2 is 1.67 bits per heavy atom. The van der Waals surface area contributed by atoms with Crippen molar-refractivity contribution in [1.29, 1.82) is 0 Å². The first-order chi connectivity index (χ1) is 2.56. The first-order valence-corrected chi connectivity index (χ1v) is 4.00. The molecular weight excluding hydrogens is 104 g/mol. The van der Waals surface area contributed by atoms with Crippen LogP contribution in [0.3, 0.4) is 0 Å². The van der Waals surface area contributed by atoms with Gasteiger partial charge >= 0.3 is 0 Å². The topological polar surface area (TPSA) is 0 Å². The van der Waals surface area contributed by atoms with Crippen LogP contribution < -0.4 is 0 Å². The third kappa shape index (κ3) is 4.43. The summed E-state index contributed by atoms with van der Waals surface area (Å²) in [5.74, 6) is 0. The van der Waals surface area contributed by atoms with E-state index in [0.717, 1.165) is 9.52 Å². The maximum atomic E-state index is 3.54. The molecule has 0 aromatic heterocycles. The van der Waals surface area contributed by atoms with Gasteiger partial charge in [-0.1, -0.05) is 25.1 Å². The van der Waals surface area contributed by atoms with Crippen molar-refractivity contribution in [3.63, 3.8) is 0 Å². The highest BCUT2D eigenvalue weighted by Crippen LogP contribution is 2.13. The molecular formula is C4H9Si2. The summed E-state index contributed by atoms with van der Waals surface area (Å²) >= 11 is 0. The van der Waals surface area contributed by atoms with E-state index in [1.54, 1.807) is 0 Å². The molecule has 0 aliphatic heterocycles. The van der Waals surface area contributed by atoms with Crippen molar-refractivity contribution < 1.29 is 0 Å². The van der Waals surface area contributed by atoms with E-state index in [2.05, 4.69) is 30.6 Å². The van der Waals surface area contributed by atoms with Crippen molar-refractivity contribution in [2.75, 3.05) is 0 Å². The van der Waals surface area contributed by atoms with E-state index in [0.29, 0.717) is 4.66 Å². The van der Waals surface area contributed by atoms with Gasteiger partial charge in [0.15, 0.2) is 0 Å². The summed E-state index contributed by atoms with van der Waals surface area (Å²) in [6.45, 7) is 6.53. The minimum atomic E-state index is 0.375. The monoisotopic (exact) mass is 113 g/mol. The maximum Gasteiger partial charge on any atom is 0.0369 e. The Morgan fingerprint density at radius 3 is 1.67 bits per heavy atom. The van der Waals surface area contributed by atoms with Gasteiger partial charge in [-0.2, -0.15) is 0 Å². The first kappa shape index (κ1) is 6.43. The predicted octanol–water partition coefficient (Wildman–Crippen LogP) is 1.06. The van der Waals surface area contributed by atoms with Crippen LogP contribution in [-0.4, -0.2) is 19.8 Å². The smallest absolute Gasteiger partial charge is 0.0369 e. The summed E-state index contributed by atoms with van der Waals surface area (Å²) < 4.78 is 0.375. The van der Waals surface area contributed by atoms with Crippen LogP contribution in [0.5, 0.6) is 0 Å². The molecule has 5 radical (unpaired) electrons. The lowest BCUT2D eigenvalue weighted by molar-refractivity contribution is 0.956. The molecule has 0 saturated heterocycles. The Hall–Kier alpha value is 0.434. The molecule has 0 spiro atoms. The molecule has 0 aromatic carbocycles. The summed E-state index contributed by atoms with van der Waals surface area (Å²) in [4.78, 5) is 0. The third-order valence-corrected chi connectivity index (χ3v) is 2.62. The van der Waals surface area contributed by atoms with Crippen molar-refractivity contribution in [2.24, 2.45) is 0 Å². The summed E-state index contributed by atoms with van der Waals surface area (Å²) in [5.41, 5.74) is 0. The summed E-state index contributed by atoms with van der Waals surface area (Å²) in [7, 11) is 4.52. The summed E-state index contributed by atoms with van der Waals surface area (Å²) in [6, 6.07) is 0. The van der Waals surface area contributed by atoms with E-state index in [1.165, 1.54) is 0 Å². The Kier molecular flexibility index (Phi) is 2.07. The van der Waals surface area contributed by atoms with Crippen molar-refractivity contribution in [1.82, 2.24) is 0 Å². The molecule has 0 aliphatic carbocycles. The Bertz CT molecular complexity index is 35.3. The highest BCUT2D eigenvalue weighted by molar-refractivity contribution is 6.52. The molecule has 0 amide bonds. The minimum Gasteiger partial charge on any atom is -0.0731 e. The van der Waals surface area contributed by atoms with Crippen LogP contribution >= 0.6 is 0 Å². The fraction of sp³-hybridized carbons (Fsp3) is 1.00. The molecule has 0 N–H and O–H groups in total. The van der Waals surface area contributed by atoms with Crippen molar-refractivity contribution in [3.8, 4) is 0 Å². The third-order valence-electron chi connectivity index (χ3n) is 0.625. The van der Waals surface area contributed by atoms with Gasteiger partial charge in [0.2, 0.25) is 0 Å². The minimum absolute atomic E-state index is 0.375. The highest BCUT2D eigenvalue weighted by Gasteiger charge is 2.04. The van der Waals surface area contributed by atoms with E-state index in [9.17, 15) is 0 Å². The number of rotatable bonds is 1. The Morgan fingerprint density at radius 1 is 1.50 bits per heavy atom. The fourth-order valence-corrected chi connectivity index (χ4v) is 0. The molecule has 0 unspecified atom stereocenters. The van der Waals surface area contributed by atoms with Crippen LogP contribution in [0.2, 0.25) is 11.2 Å². The van der Waals surface area contributed by atoms with Crippen LogP contribution in [0.15, 0.2) is 0 Å². The van der Waals surface area contributed by atoms with Gasteiger partial charge in [0.1, 0.15) is 0 Å². The predicted molar refractivity (Wildman–Crippen MR) is 31.4 cm³/mol.